The fourth-order valence-electron chi connectivity index (χ4n) is 1.81. The van der Waals surface area contributed by atoms with E-state index in [4.69, 9.17) is 14.4 Å². The molecule has 2 rings (SSSR count). The highest BCUT2D eigenvalue weighted by molar-refractivity contribution is 5.85. The van der Waals surface area contributed by atoms with Crippen molar-refractivity contribution in [2.45, 2.75) is 27.4 Å². The number of carbonyl (C=O) groups is 1. The van der Waals surface area contributed by atoms with Crippen molar-refractivity contribution in [3.63, 3.8) is 0 Å². The van der Waals surface area contributed by atoms with Gasteiger partial charge in [0.2, 0.25) is 0 Å². The van der Waals surface area contributed by atoms with Gasteiger partial charge < -0.3 is 14.4 Å². The maximum Gasteiger partial charge on any atom is 0.328 e. The quantitative estimate of drug-likeness (QED) is 0.851. The number of hydrogen-bond donors (Lipinski definition) is 1. The molecule has 0 aliphatic rings. The standard InChI is InChI=1S/C15H16N2O4/c1-9-4-6-14(13(16-9)5-7-15(18)19)20-8-12-10(2)17-21-11(12)3/h4-7H,8H2,1-3H3,(H,18,19). The first-order valence-corrected chi connectivity index (χ1v) is 6.40. The number of aryl methyl sites for hydroxylation is 3. The van der Waals surface area contributed by atoms with Gasteiger partial charge in [-0.15, -0.1) is 0 Å². The Kier molecular flexibility index (Phi) is 4.37. The Morgan fingerprint density at radius 1 is 1.38 bits per heavy atom. The van der Waals surface area contributed by atoms with Gasteiger partial charge >= 0.3 is 5.97 Å². The molecule has 110 valence electrons. The lowest BCUT2D eigenvalue weighted by atomic mass is 10.2. The van der Waals surface area contributed by atoms with Crippen LogP contribution < -0.4 is 4.74 Å². The van der Waals surface area contributed by atoms with Gasteiger partial charge in [0.05, 0.1) is 11.3 Å². The van der Waals surface area contributed by atoms with Crippen LogP contribution in [0.2, 0.25) is 0 Å². The smallest absolute Gasteiger partial charge is 0.328 e. The van der Waals surface area contributed by atoms with E-state index in [2.05, 4.69) is 10.1 Å². The number of aromatic nitrogens is 2. The van der Waals surface area contributed by atoms with Crippen LogP contribution >= 0.6 is 0 Å². The summed E-state index contributed by atoms with van der Waals surface area (Å²) in [6, 6.07) is 3.57. The highest BCUT2D eigenvalue weighted by Gasteiger charge is 2.11. The number of rotatable bonds is 5. The molecule has 0 saturated heterocycles. The van der Waals surface area contributed by atoms with Gasteiger partial charge in [-0.1, -0.05) is 5.16 Å². The number of pyridine rings is 1. The summed E-state index contributed by atoms with van der Waals surface area (Å²) in [4.78, 5) is 14.9. The molecule has 0 fully saturated rings. The Labute approximate surface area is 122 Å². The summed E-state index contributed by atoms with van der Waals surface area (Å²) in [5.74, 6) is 0.184. The summed E-state index contributed by atoms with van der Waals surface area (Å²) >= 11 is 0. The first-order valence-electron chi connectivity index (χ1n) is 6.40. The number of carboxylic acid groups (broad SMARTS) is 1. The molecule has 2 heterocycles. The summed E-state index contributed by atoms with van der Waals surface area (Å²) in [5.41, 5.74) is 2.91. The van der Waals surface area contributed by atoms with E-state index in [9.17, 15) is 4.79 Å². The molecular formula is C15H16N2O4. The second-order valence-electron chi connectivity index (χ2n) is 4.60. The minimum Gasteiger partial charge on any atom is -0.486 e. The van der Waals surface area contributed by atoms with E-state index in [1.165, 1.54) is 6.08 Å². The van der Waals surface area contributed by atoms with Crippen LogP contribution in [0, 0.1) is 20.8 Å². The number of aliphatic carboxylic acids is 1. The Morgan fingerprint density at radius 2 is 2.14 bits per heavy atom. The van der Waals surface area contributed by atoms with Gasteiger partial charge in [0.25, 0.3) is 0 Å². The molecule has 0 unspecified atom stereocenters. The van der Waals surface area contributed by atoms with E-state index < -0.39 is 5.97 Å². The van der Waals surface area contributed by atoms with Crippen molar-refractivity contribution in [1.29, 1.82) is 0 Å². The van der Waals surface area contributed by atoms with Gasteiger partial charge in [-0.25, -0.2) is 9.78 Å². The molecule has 0 aromatic carbocycles. The zero-order valence-corrected chi connectivity index (χ0v) is 12.1. The molecule has 21 heavy (non-hydrogen) atoms. The molecule has 0 atom stereocenters. The Balaban J connectivity index is 2.21. The number of hydrogen-bond acceptors (Lipinski definition) is 5. The van der Waals surface area contributed by atoms with Gasteiger partial charge in [-0.2, -0.15) is 0 Å². The third kappa shape index (κ3) is 3.68. The fraction of sp³-hybridized carbons (Fsp3) is 0.267. The molecule has 6 nitrogen and oxygen atoms in total. The number of carboxylic acids is 1. The minimum atomic E-state index is -1.03. The third-order valence-electron chi connectivity index (χ3n) is 2.96. The summed E-state index contributed by atoms with van der Waals surface area (Å²) in [7, 11) is 0. The van der Waals surface area contributed by atoms with Crippen LogP contribution in [0.1, 0.15) is 28.4 Å². The first-order chi connectivity index (χ1) is 9.97. The predicted octanol–water partition coefficient (Wildman–Crippen LogP) is 2.67. The molecule has 0 radical (unpaired) electrons. The van der Waals surface area contributed by atoms with Crippen molar-refractivity contribution in [3.8, 4) is 5.75 Å². The lowest BCUT2D eigenvalue weighted by Gasteiger charge is -2.09. The molecule has 2 aromatic heterocycles. The Hall–Kier alpha value is -2.63. The topological polar surface area (TPSA) is 85.5 Å². The summed E-state index contributed by atoms with van der Waals surface area (Å²) < 4.78 is 10.8. The average molecular weight is 288 g/mol. The molecule has 0 spiro atoms. The molecule has 0 aliphatic heterocycles. The monoisotopic (exact) mass is 288 g/mol. The lowest BCUT2D eigenvalue weighted by molar-refractivity contribution is -0.131. The maximum atomic E-state index is 10.6. The summed E-state index contributed by atoms with van der Waals surface area (Å²) in [6.07, 6.45) is 2.45. The minimum absolute atomic E-state index is 0.291. The molecular weight excluding hydrogens is 272 g/mol. The molecule has 1 N–H and O–H groups in total. The summed E-state index contributed by atoms with van der Waals surface area (Å²) in [5, 5.41) is 12.6. The zero-order valence-electron chi connectivity index (χ0n) is 12.1. The maximum absolute atomic E-state index is 10.6. The Bertz CT molecular complexity index is 669. The molecule has 0 saturated carbocycles. The first kappa shape index (κ1) is 14.8. The van der Waals surface area contributed by atoms with Crippen LogP contribution in [0.25, 0.3) is 6.08 Å². The van der Waals surface area contributed by atoms with Crippen LogP contribution in [0.3, 0.4) is 0 Å². The van der Waals surface area contributed by atoms with E-state index in [1.807, 2.05) is 20.8 Å². The van der Waals surface area contributed by atoms with Crippen molar-refractivity contribution in [2.75, 3.05) is 0 Å². The van der Waals surface area contributed by atoms with Crippen molar-refractivity contribution < 1.29 is 19.2 Å². The third-order valence-corrected chi connectivity index (χ3v) is 2.96. The van der Waals surface area contributed by atoms with E-state index in [-0.39, 0.29) is 0 Å². The lowest BCUT2D eigenvalue weighted by Crippen LogP contribution is -2.01. The SMILES string of the molecule is Cc1ccc(OCc2c(C)noc2C)c(C=CC(=O)O)n1. The van der Waals surface area contributed by atoms with Gasteiger partial charge in [0, 0.05) is 11.8 Å². The van der Waals surface area contributed by atoms with Gasteiger partial charge in [0.1, 0.15) is 23.8 Å². The van der Waals surface area contributed by atoms with E-state index in [0.29, 0.717) is 23.8 Å². The number of ether oxygens (including phenoxy) is 1. The van der Waals surface area contributed by atoms with Crippen LogP contribution in [0.4, 0.5) is 0 Å². The van der Waals surface area contributed by atoms with Crippen LogP contribution in [-0.4, -0.2) is 21.2 Å². The molecule has 2 aromatic rings. The molecule has 0 bridgehead atoms. The highest BCUT2D eigenvalue weighted by Crippen LogP contribution is 2.21. The van der Waals surface area contributed by atoms with E-state index >= 15 is 0 Å². The van der Waals surface area contributed by atoms with Crippen LogP contribution in [-0.2, 0) is 11.4 Å². The Morgan fingerprint density at radius 3 is 2.76 bits per heavy atom. The largest absolute Gasteiger partial charge is 0.486 e. The van der Waals surface area contributed by atoms with Gasteiger partial charge in [-0.3, -0.25) is 0 Å². The van der Waals surface area contributed by atoms with Gasteiger partial charge in [0.15, 0.2) is 0 Å². The van der Waals surface area contributed by atoms with Crippen LogP contribution in [0.5, 0.6) is 5.75 Å². The summed E-state index contributed by atoms with van der Waals surface area (Å²) in [6.45, 7) is 5.78. The van der Waals surface area contributed by atoms with Gasteiger partial charge in [-0.05, 0) is 39.0 Å². The second-order valence-corrected chi connectivity index (χ2v) is 4.60. The van der Waals surface area contributed by atoms with Crippen molar-refractivity contribution in [1.82, 2.24) is 10.1 Å². The van der Waals surface area contributed by atoms with E-state index in [0.717, 1.165) is 23.0 Å². The fourth-order valence-corrected chi connectivity index (χ4v) is 1.81. The molecule has 0 aliphatic carbocycles. The highest BCUT2D eigenvalue weighted by atomic mass is 16.5. The average Bonchev–Trinajstić information content (AvgIpc) is 2.75. The van der Waals surface area contributed by atoms with E-state index in [1.54, 1.807) is 12.1 Å². The normalized spacial score (nSPS) is 11.0. The van der Waals surface area contributed by atoms with Crippen molar-refractivity contribution in [2.24, 2.45) is 0 Å². The van der Waals surface area contributed by atoms with Crippen molar-refractivity contribution in [3.05, 3.63) is 46.6 Å². The van der Waals surface area contributed by atoms with Crippen LogP contribution in [0.15, 0.2) is 22.7 Å². The second kappa shape index (κ2) is 6.21. The molecule has 0 amide bonds. The number of nitrogens with zero attached hydrogens (tertiary/aromatic N) is 2. The molecule has 6 heteroatoms. The van der Waals surface area contributed by atoms with Crippen molar-refractivity contribution >= 4 is 12.0 Å². The zero-order chi connectivity index (χ0) is 15.4. The predicted molar refractivity (Wildman–Crippen MR) is 76.0 cm³/mol.